The summed E-state index contributed by atoms with van der Waals surface area (Å²) in [5, 5.41) is 39.8. The third kappa shape index (κ3) is 23.9. The maximum absolute atomic E-state index is 13.4. The maximum Gasteiger partial charge on any atom is 1.00 e. The zero-order chi connectivity index (χ0) is 67.1. The summed E-state index contributed by atoms with van der Waals surface area (Å²) in [5.74, 6) is 1.02. The summed E-state index contributed by atoms with van der Waals surface area (Å²) in [6, 6.07) is 24.6. The van der Waals surface area contributed by atoms with Crippen LogP contribution in [0.4, 0.5) is 21.5 Å². The van der Waals surface area contributed by atoms with Crippen LogP contribution in [0.25, 0.3) is 44.3 Å². The number of hydrogen-bond acceptors (Lipinski definition) is 20. The molecule has 96 heavy (non-hydrogen) atoms. The molecule has 0 unspecified atom stereocenters. The minimum atomic E-state index is -3.80. The van der Waals surface area contributed by atoms with Crippen LogP contribution in [-0.4, -0.2) is 169 Å². The average Bonchev–Trinajstić information content (AvgIpc) is 1.61. The Bertz CT molecular complexity index is 3740. The van der Waals surface area contributed by atoms with Gasteiger partial charge in [0.05, 0.1) is 62.0 Å². The van der Waals surface area contributed by atoms with Gasteiger partial charge in [-0.25, -0.2) is 41.9 Å². The molecule has 3 saturated heterocycles. The Morgan fingerprint density at radius 1 is 0.750 bits per heavy atom. The zero-order valence-corrected chi connectivity index (χ0v) is 71.9. The van der Waals surface area contributed by atoms with Gasteiger partial charge in [0.25, 0.3) is 16.5 Å². The number of ether oxygens (including phenoxy) is 3. The number of likely N-dealkylation sites (tertiary alicyclic amines) is 2. The van der Waals surface area contributed by atoms with Crippen molar-refractivity contribution in [3.05, 3.63) is 114 Å². The molecule has 4 atom stereocenters. The number of nitrogens with zero attached hydrogens (tertiary/aromatic N) is 7. The summed E-state index contributed by atoms with van der Waals surface area (Å²) >= 11 is 13.0. The van der Waals surface area contributed by atoms with Crippen LogP contribution in [0.3, 0.4) is 0 Å². The molecule has 30 heteroatoms. The van der Waals surface area contributed by atoms with Crippen molar-refractivity contribution in [3.63, 3.8) is 0 Å². The quantitative estimate of drug-likeness (QED) is 0.0386. The van der Waals surface area contributed by atoms with E-state index in [2.05, 4.69) is 46.8 Å². The Kier molecular flexibility index (Phi) is 33.6. The molecule has 5 fully saturated rings. The molecule has 24 nitrogen and oxygen atoms in total. The number of epoxide rings is 1. The molecule has 3 aliphatic heterocycles. The molecule has 1 spiro atoms. The number of fused-ring (bicyclic) bond motifs is 2. The summed E-state index contributed by atoms with van der Waals surface area (Å²) in [4.78, 5) is 60.5. The van der Waals surface area contributed by atoms with E-state index < -0.39 is 26.8 Å². The van der Waals surface area contributed by atoms with Crippen LogP contribution < -0.4 is 165 Å². The Balaban J connectivity index is 0.000000311. The van der Waals surface area contributed by atoms with Gasteiger partial charge in [-0.2, -0.15) is 0 Å². The number of carbonyl (C=O) groups is 3. The number of amides is 2. The molecule has 7 aromatic rings. The minimum absolute atomic E-state index is 0. The molecule has 2 saturated carbocycles. The van der Waals surface area contributed by atoms with E-state index in [-0.39, 0.29) is 205 Å². The Morgan fingerprint density at radius 3 is 1.76 bits per heavy atom. The number of piperidine rings is 2. The molecule has 8 N–H and O–H groups in total. The van der Waals surface area contributed by atoms with Crippen molar-refractivity contribution in [1.82, 2.24) is 44.0 Å². The first kappa shape index (κ1) is 83.9. The normalized spacial score (nSPS) is 19.3. The molecule has 3 aromatic carbocycles. The second-order valence-electron chi connectivity index (χ2n) is 25.9. The molecule has 514 valence electrons. The van der Waals surface area contributed by atoms with E-state index in [1.54, 1.807) is 64.8 Å². The molecular weight excluding hydrogens is 1560 g/mol. The molecular formula is C66H89Cl3Cs2N12O12S. The maximum atomic E-state index is 13.4. The predicted octanol–water partition coefficient (Wildman–Crippen LogP) is 4.40. The molecule has 5 aliphatic rings. The standard InChI is InChI=1S/C29H39ClN6O3.C24H24ClN5O2S.C11H19NO3.CH2O3.CH4O.ClH.2Cs.H/c1-28(2,3)39-27(37)36-13-11-29(38,12-14-36)18-33-19-7-6-8-20(15-19)34-26-32-17-23(30)25(35-26)22-16-31-24-10-5-4-9-21(22)24;25-21-14-27-24(28-17-8-6-7-16(26)13-17)29-23(21)20-15-30(22-12-5-4-11-19(20)22)33(31,32)18-9-2-1-3-10-18;1-10(2,3)15-9(13)12-6-4-11(5-7-12)8-14-11;2-1-4-3;1-2;;;;/h4-5,9-10,16-17,19-20,31,33,38H,6-8,11-15,18H2,1-3H3,(H,32,34,35);1-5,9-12,14-17H,6-8,13,26H2,(H,27,28,29);4-8H2,1-3H3;1,3H;2H,1H3;1H;;;/q;;;;;;2*+1;-1/p-1/t19-,20+;16-,17+;;;;;;;/m00......./s1. The van der Waals surface area contributed by atoms with Crippen LogP contribution in [0, 0.1) is 0 Å². The molecule has 4 aromatic heterocycles. The van der Waals surface area contributed by atoms with Gasteiger partial charge in [-0.3, -0.25) is 4.79 Å². The third-order valence-electron chi connectivity index (χ3n) is 16.6. The number of halogens is 3. The number of aliphatic hydroxyl groups is 2. The number of carbonyl (C=O) groups excluding carboxylic acids is 3. The third-order valence-corrected chi connectivity index (χ3v) is 18.8. The Morgan fingerprint density at radius 2 is 1.23 bits per heavy atom. The largest absolute Gasteiger partial charge is 1.00 e. The van der Waals surface area contributed by atoms with Crippen LogP contribution in [0.5, 0.6) is 0 Å². The SMILES string of the molecule is CC(C)(C)OC(=O)N1CCC(O)(CN[C@H]2CCC[C@@H](Nc3ncc(Cl)c(-c4c[nH]c5ccccc45)n3)C2)CC1.CC(C)(C)OC(=O)N1CCC2(CC1)CO2.CO.Cl.N[C@H]1CCC[C@@H](Nc2ncc(Cl)c(-c3cn(S(=O)(=O)c4ccccc4)c4ccccc34)n2)C1.O=CO[O-].[Cs+].[Cs+].[H-]. The van der Waals surface area contributed by atoms with Gasteiger partial charge < -0.3 is 72.5 Å². The average molecular weight is 1650 g/mol. The fraction of sp³-hybridized carbons (Fsp3) is 0.500. The van der Waals surface area contributed by atoms with E-state index in [0.717, 1.165) is 113 Å². The number of aromatic nitrogens is 6. The van der Waals surface area contributed by atoms with Gasteiger partial charge in [0, 0.05) is 104 Å². The number of H-pyrrole nitrogens is 1. The van der Waals surface area contributed by atoms with Gasteiger partial charge in [-0.05, 0) is 143 Å². The van der Waals surface area contributed by atoms with Crippen LogP contribution in [-0.2, 0) is 33.9 Å². The molecule has 12 rings (SSSR count). The van der Waals surface area contributed by atoms with Crippen LogP contribution in [0.1, 0.15) is 120 Å². The monoisotopic (exact) mass is 1640 g/mol. The molecule has 0 bridgehead atoms. The van der Waals surface area contributed by atoms with Crippen molar-refractivity contribution in [1.29, 1.82) is 0 Å². The van der Waals surface area contributed by atoms with Gasteiger partial charge in [-0.15, -0.1) is 12.4 Å². The van der Waals surface area contributed by atoms with Crippen molar-refractivity contribution in [2.75, 3.05) is 57.1 Å². The van der Waals surface area contributed by atoms with Crippen molar-refractivity contribution in [2.45, 2.75) is 170 Å². The van der Waals surface area contributed by atoms with Gasteiger partial charge in [0.1, 0.15) is 11.2 Å². The number of hydrogen-bond donors (Lipinski definition) is 7. The second kappa shape index (κ2) is 38.5. The first-order valence-corrected chi connectivity index (χ1v) is 33.6. The number of aromatic amines is 1. The van der Waals surface area contributed by atoms with E-state index in [4.69, 9.17) is 63.3 Å². The topological polar surface area (TPSA) is 330 Å². The first-order chi connectivity index (χ1) is 44.3. The van der Waals surface area contributed by atoms with Gasteiger partial charge in [-0.1, -0.05) is 77.8 Å². The van der Waals surface area contributed by atoms with E-state index in [1.165, 1.54) is 3.97 Å². The van der Waals surface area contributed by atoms with E-state index in [1.807, 2.05) is 84.1 Å². The number of rotatable bonds is 12. The fourth-order valence-electron chi connectivity index (χ4n) is 11.7. The second-order valence-corrected chi connectivity index (χ2v) is 28.5. The summed E-state index contributed by atoms with van der Waals surface area (Å²) in [7, 11) is -2.80. The number of para-hydroxylation sites is 2. The van der Waals surface area contributed by atoms with Crippen molar-refractivity contribution in [3.8, 4) is 22.5 Å². The molecule has 2 amide bonds. The summed E-state index contributed by atoms with van der Waals surface area (Å²) < 4.78 is 44.3. The number of aliphatic hydroxyl groups excluding tert-OH is 1. The molecule has 7 heterocycles. The van der Waals surface area contributed by atoms with Crippen LogP contribution in [0.2, 0.25) is 10.0 Å². The fourth-order valence-corrected chi connectivity index (χ4v) is 13.5. The van der Waals surface area contributed by atoms with Crippen molar-refractivity contribution < 1.29 is 197 Å². The zero-order valence-electron chi connectivity index (χ0n) is 57.2. The molecule has 0 radical (unpaired) electrons. The smallest absolute Gasteiger partial charge is 1.00 e. The first-order valence-electron chi connectivity index (χ1n) is 31.4. The summed E-state index contributed by atoms with van der Waals surface area (Å²) in [6.45, 7) is 15.0. The van der Waals surface area contributed by atoms with Crippen LogP contribution in [0.15, 0.2) is 109 Å². The van der Waals surface area contributed by atoms with Gasteiger partial charge in [0.2, 0.25) is 11.9 Å². The van der Waals surface area contributed by atoms with E-state index >= 15 is 0 Å². The number of anilines is 2. The number of nitrogens with one attached hydrogen (secondary N) is 4. The van der Waals surface area contributed by atoms with Crippen LogP contribution >= 0.6 is 35.6 Å². The summed E-state index contributed by atoms with van der Waals surface area (Å²) in [5.41, 5.74) is 8.85. The molecule has 2 aliphatic carbocycles. The predicted molar refractivity (Wildman–Crippen MR) is 364 cm³/mol. The Hall–Kier alpha value is -2.81. The van der Waals surface area contributed by atoms with Gasteiger partial charge >= 0.3 is 150 Å². The van der Waals surface area contributed by atoms with E-state index in [9.17, 15) is 23.1 Å². The van der Waals surface area contributed by atoms with E-state index in [0.29, 0.717) is 76.9 Å². The number of benzene rings is 3. The Labute approximate surface area is 697 Å². The number of nitrogens with two attached hydrogens (primary N) is 1. The van der Waals surface area contributed by atoms with Crippen molar-refractivity contribution in [2.24, 2.45) is 5.73 Å². The van der Waals surface area contributed by atoms with Crippen molar-refractivity contribution >= 4 is 98.0 Å². The summed E-state index contributed by atoms with van der Waals surface area (Å²) in [6.07, 6.45) is 17.2. The minimum Gasteiger partial charge on any atom is -1.00 e. The van der Waals surface area contributed by atoms with Gasteiger partial charge in [0.15, 0.2) is 0 Å².